The first-order valence-electron chi connectivity index (χ1n) is 9.15. The summed E-state index contributed by atoms with van der Waals surface area (Å²) in [4.78, 5) is 26.6. The van der Waals surface area contributed by atoms with Crippen molar-refractivity contribution in [2.24, 2.45) is 11.1 Å². The van der Waals surface area contributed by atoms with Gasteiger partial charge in [-0.25, -0.2) is 0 Å². The Morgan fingerprint density at radius 1 is 1.19 bits per heavy atom. The number of benzene rings is 1. The SMILES string of the molecule is CC1CN(C(=O)c2ccc(CNC(=O)[C@@H](N)C(C)(C)C)cc2)CC(C)O1.Cl. The van der Waals surface area contributed by atoms with Gasteiger partial charge in [-0.15, -0.1) is 12.4 Å². The van der Waals surface area contributed by atoms with E-state index in [0.717, 1.165) is 5.56 Å². The normalized spacial score (nSPS) is 21.2. The number of rotatable bonds is 4. The minimum absolute atomic E-state index is 0. The van der Waals surface area contributed by atoms with Crippen molar-refractivity contribution in [3.63, 3.8) is 0 Å². The second kappa shape index (κ2) is 9.53. The number of hydrogen-bond acceptors (Lipinski definition) is 4. The molecule has 1 saturated heterocycles. The minimum atomic E-state index is -0.561. The highest BCUT2D eigenvalue weighted by Gasteiger charge is 2.28. The Morgan fingerprint density at radius 3 is 2.19 bits per heavy atom. The largest absolute Gasteiger partial charge is 0.372 e. The van der Waals surface area contributed by atoms with Crippen LogP contribution in [0.1, 0.15) is 50.5 Å². The molecule has 1 aromatic carbocycles. The third-order valence-corrected chi connectivity index (χ3v) is 4.59. The molecule has 1 heterocycles. The topological polar surface area (TPSA) is 84.7 Å². The van der Waals surface area contributed by atoms with Crippen LogP contribution in [0.3, 0.4) is 0 Å². The van der Waals surface area contributed by atoms with Gasteiger partial charge in [-0.05, 0) is 37.0 Å². The molecule has 0 saturated carbocycles. The minimum Gasteiger partial charge on any atom is -0.372 e. The molecule has 152 valence electrons. The van der Waals surface area contributed by atoms with Crippen LogP contribution in [-0.2, 0) is 16.1 Å². The molecule has 2 rings (SSSR count). The zero-order valence-electron chi connectivity index (χ0n) is 16.8. The van der Waals surface area contributed by atoms with Gasteiger partial charge in [-0.2, -0.15) is 0 Å². The van der Waals surface area contributed by atoms with Crippen LogP contribution in [0.4, 0.5) is 0 Å². The molecule has 6 nitrogen and oxygen atoms in total. The second-order valence-electron chi connectivity index (χ2n) is 8.23. The van der Waals surface area contributed by atoms with Gasteiger partial charge < -0.3 is 20.7 Å². The Morgan fingerprint density at radius 2 is 1.70 bits per heavy atom. The smallest absolute Gasteiger partial charge is 0.254 e. The van der Waals surface area contributed by atoms with Gasteiger partial charge in [-0.1, -0.05) is 32.9 Å². The number of carbonyl (C=O) groups excluding carboxylic acids is 2. The summed E-state index contributed by atoms with van der Waals surface area (Å²) in [5.74, 6) is -0.161. The number of carbonyl (C=O) groups is 2. The predicted octanol–water partition coefficient (Wildman–Crippen LogP) is 2.35. The molecule has 2 amide bonds. The van der Waals surface area contributed by atoms with E-state index in [1.165, 1.54) is 0 Å². The maximum Gasteiger partial charge on any atom is 0.254 e. The van der Waals surface area contributed by atoms with Gasteiger partial charge in [-0.3, -0.25) is 9.59 Å². The molecule has 0 aliphatic carbocycles. The highest BCUT2D eigenvalue weighted by molar-refractivity contribution is 5.94. The monoisotopic (exact) mass is 397 g/mol. The number of nitrogens with two attached hydrogens (primary N) is 1. The lowest BCUT2D eigenvalue weighted by molar-refractivity contribution is -0.124. The maximum absolute atomic E-state index is 12.7. The van der Waals surface area contributed by atoms with E-state index in [1.54, 1.807) is 12.1 Å². The average Bonchev–Trinajstić information content (AvgIpc) is 2.57. The number of nitrogens with one attached hydrogen (secondary N) is 1. The summed E-state index contributed by atoms with van der Waals surface area (Å²) in [6, 6.07) is 6.78. The van der Waals surface area contributed by atoms with Crippen molar-refractivity contribution in [2.45, 2.75) is 59.4 Å². The van der Waals surface area contributed by atoms with Gasteiger partial charge in [0.25, 0.3) is 5.91 Å². The molecule has 1 fully saturated rings. The number of hydrogen-bond donors (Lipinski definition) is 2. The molecule has 3 N–H and O–H groups in total. The van der Waals surface area contributed by atoms with E-state index in [0.29, 0.717) is 25.2 Å². The molecule has 7 heteroatoms. The summed E-state index contributed by atoms with van der Waals surface area (Å²) < 4.78 is 5.67. The summed E-state index contributed by atoms with van der Waals surface area (Å²) in [6.45, 7) is 11.4. The van der Waals surface area contributed by atoms with Crippen molar-refractivity contribution >= 4 is 24.2 Å². The van der Waals surface area contributed by atoms with Gasteiger partial charge in [0.2, 0.25) is 5.91 Å². The number of amides is 2. The van der Waals surface area contributed by atoms with Gasteiger partial charge in [0.05, 0.1) is 18.2 Å². The first kappa shape index (κ1) is 23.4. The molecule has 27 heavy (non-hydrogen) atoms. The Bertz CT molecular complexity index is 633. The lowest BCUT2D eigenvalue weighted by Gasteiger charge is -2.35. The van der Waals surface area contributed by atoms with Gasteiger partial charge >= 0.3 is 0 Å². The van der Waals surface area contributed by atoms with Crippen LogP contribution in [-0.4, -0.2) is 48.1 Å². The van der Waals surface area contributed by atoms with Gasteiger partial charge in [0, 0.05) is 25.2 Å². The lowest BCUT2D eigenvalue weighted by atomic mass is 9.87. The van der Waals surface area contributed by atoms with E-state index in [-0.39, 0.29) is 41.8 Å². The summed E-state index contributed by atoms with van der Waals surface area (Å²) in [5, 5.41) is 2.85. The molecule has 2 unspecified atom stereocenters. The highest BCUT2D eigenvalue weighted by Crippen LogP contribution is 2.18. The number of nitrogens with zero attached hydrogens (tertiary/aromatic N) is 1. The molecule has 3 atom stereocenters. The van der Waals surface area contributed by atoms with Crippen LogP contribution in [0.25, 0.3) is 0 Å². The molecule has 0 radical (unpaired) electrons. The van der Waals surface area contributed by atoms with Crippen molar-refractivity contribution in [2.75, 3.05) is 13.1 Å². The first-order valence-corrected chi connectivity index (χ1v) is 9.15. The van der Waals surface area contributed by atoms with Gasteiger partial charge in [0.1, 0.15) is 0 Å². The molecular formula is C20H32ClN3O3. The second-order valence-corrected chi connectivity index (χ2v) is 8.23. The van der Waals surface area contributed by atoms with Crippen molar-refractivity contribution in [3.05, 3.63) is 35.4 Å². The Kier molecular flexibility index (Phi) is 8.26. The fraction of sp³-hybridized carbons (Fsp3) is 0.600. The number of ether oxygens (including phenoxy) is 1. The summed E-state index contributed by atoms with van der Waals surface area (Å²) in [6.07, 6.45) is 0.0911. The van der Waals surface area contributed by atoms with E-state index in [2.05, 4.69) is 5.32 Å². The summed E-state index contributed by atoms with van der Waals surface area (Å²) in [7, 11) is 0. The van der Waals surface area contributed by atoms with Crippen LogP contribution in [0, 0.1) is 5.41 Å². The quantitative estimate of drug-likeness (QED) is 0.816. The van der Waals surface area contributed by atoms with Crippen LogP contribution >= 0.6 is 12.4 Å². The van der Waals surface area contributed by atoms with Crippen molar-refractivity contribution in [1.29, 1.82) is 0 Å². The predicted molar refractivity (Wildman–Crippen MR) is 109 cm³/mol. The van der Waals surface area contributed by atoms with Crippen molar-refractivity contribution in [3.8, 4) is 0 Å². The third-order valence-electron chi connectivity index (χ3n) is 4.59. The molecule has 0 bridgehead atoms. The highest BCUT2D eigenvalue weighted by atomic mass is 35.5. The first-order chi connectivity index (χ1) is 12.1. The lowest BCUT2D eigenvalue weighted by Crippen LogP contribution is -2.48. The van der Waals surface area contributed by atoms with E-state index in [9.17, 15) is 9.59 Å². The molecular weight excluding hydrogens is 366 g/mol. The van der Waals surface area contributed by atoms with Crippen LogP contribution in [0.5, 0.6) is 0 Å². The number of morpholine rings is 1. The molecule has 1 aliphatic heterocycles. The third kappa shape index (κ3) is 6.48. The van der Waals surface area contributed by atoms with E-state index >= 15 is 0 Å². The molecule has 1 aliphatic rings. The van der Waals surface area contributed by atoms with Crippen LogP contribution in [0.2, 0.25) is 0 Å². The van der Waals surface area contributed by atoms with E-state index in [4.69, 9.17) is 10.5 Å². The summed E-state index contributed by atoms with van der Waals surface area (Å²) in [5.41, 5.74) is 7.25. The van der Waals surface area contributed by atoms with E-state index in [1.807, 2.05) is 51.7 Å². The fourth-order valence-corrected chi connectivity index (χ4v) is 2.98. The van der Waals surface area contributed by atoms with Crippen molar-refractivity contribution in [1.82, 2.24) is 10.2 Å². The maximum atomic E-state index is 12.7. The Balaban J connectivity index is 0.00000364. The zero-order valence-corrected chi connectivity index (χ0v) is 17.6. The average molecular weight is 398 g/mol. The van der Waals surface area contributed by atoms with Crippen molar-refractivity contribution < 1.29 is 14.3 Å². The Labute approximate surface area is 168 Å². The van der Waals surface area contributed by atoms with Crippen LogP contribution in [0.15, 0.2) is 24.3 Å². The van der Waals surface area contributed by atoms with E-state index < -0.39 is 6.04 Å². The molecule has 0 aromatic heterocycles. The molecule has 1 aromatic rings. The number of halogens is 1. The fourth-order valence-electron chi connectivity index (χ4n) is 2.98. The summed E-state index contributed by atoms with van der Waals surface area (Å²) >= 11 is 0. The van der Waals surface area contributed by atoms with Crippen LogP contribution < -0.4 is 11.1 Å². The zero-order chi connectivity index (χ0) is 19.5. The standard InChI is InChI=1S/C20H31N3O3.ClH/c1-13-11-23(12-14(2)26-13)19(25)16-8-6-15(7-9-16)10-22-18(24)17(21)20(3,4)5;/h6-9,13-14,17H,10-12,21H2,1-5H3,(H,22,24);1H/t13?,14?,17-;/m1./s1. The van der Waals surface area contributed by atoms with Gasteiger partial charge in [0.15, 0.2) is 0 Å². The molecule has 0 spiro atoms. The Hall–Kier alpha value is -1.63.